The summed E-state index contributed by atoms with van der Waals surface area (Å²) < 4.78 is 181. The summed E-state index contributed by atoms with van der Waals surface area (Å²) in [5.41, 5.74) is -0.270. The molecule has 2 aromatic heterocycles. The Kier molecular flexibility index (Phi) is 14.7. The Bertz CT molecular complexity index is 2440. The van der Waals surface area contributed by atoms with Gasteiger partial charge in [0, 0.05) is 13.1 Å². The van der Waals surface area contributed by atoms with Gasteiger partial charge in [-0.15, -0.1) is 0 Å². The Labute approximate surface area is 339 Å². The number of aromatic nitrogens is 4. The molecule has 1 amide bonds. The molecular formula is C38H25ClF14N6O2. The fourth-order valence-corrected chi connectivity index (χ4v) is 5.26. The highest BCUT2D eigenvalue weighted by Crippen LogP contribution is 2.36. The number of carbonyl (C=O) groups excluding carboxylic acids is 2. The molecule has 4 aromatic carbocycles. The average Bonchev–Trinajstić information content (AvgIpc) is 3.85. The molecule has 6 aromatic rings. The largest absolute Gasteiger partial charge is 0.434 e. The van der Waals surface area contributed by atoms with E-state index < -0.39 is 87.7 Å². The van der Waals surface area contributed by atoms with Crippen molar-refractivity contribution in [1.29, 1.82) is 0 Å². The lowest BCUT2D eigenvalue weighted by atomic mass is 10.1. The van der Waals surface area contributed by atoms with Gasteiger partial charge in [0.05, 0.1) is 46.0 Å². The van der Waals surface area contributed by atoms with Crippen LogP contribution in [-0.4, -0.2) is 30.7 Å². The summed E-state index contributed by atoms with van der Waals surface area (Å²) in [6, 6.07) is 17.2. The van der Waals surface area contributed by atoms with Gasteiger partial charge < -0.3 is 11.1 Å². The van der Waals surface area contributed by atoms with Crippen LogP contribution < -0.4 is 11.1 Å². The zero-order valence-electron chi connectivity index (χ0n) is 30.2. The van der Waals surface area contributed by atoms with Crippen LogP contribution in [0, 0.1) is 11.6 Å². The summed E-state index contributed by atoms with van der Waals surface area (Å²) in [6.45, 7) is -0.300. The molecule has 0 aliphatic rings. The Morgan fingerprint density at radius 1 is 0.574 bits per heavy atom. The van der Waals surface area contributed by atoms with E-state index in [2.05, 4.69) is 15.5 Å². The molecule has 23 heteroatoms. The van der Waals surface area contributed by atoms with Gasteiger partial charge in [0.15, 0.2) is 11.4 Å². The highest BCUT2D eigenvalue weighted by molar-refractivity contribution is 6.67. The van der Waals surface area contributed by atoms with Crippen molar-refractivity contribution >= 4 is 22.8 Å². The summed E-state index contributed by atoms with van der Waals surface area (Å²) in [7, 11) is 0. The minimum atomic E-state index is -4.98. The highest BCUT2D eigenvalue weighted by Gasteiger charge is 2.41. The maximum atomic E-state index is 13.6. The van der Waals surface area contributed by atoms with E-state index >= 15 is 0 Å². The van der Waals surface area contributed by atoms with Crippen LogP contribution in [0.2, 0.25) is 0 Å². The first kappa shape index (κ1) is 47.4. The molecule has 0 fully saturated rings. The molecule has 0 aliphatic carbocycles. The molecule has 324 valence electrons. The predicted molar refractivity (Wildman–Crippen MR) is 189 cm³/mol. The molecule has 0 aliphatic heterocycles. The van der Waals surface area contributed by atoms with Gasteiger partial charge >= 0.3 is 24.7 Å². The van der Waals surface area contributed by atoms with Crippen LogP contribution in [0.3, 0.4) is 0 Å². The second-order valence-electron chi connectivity index (χ2n) is 12.1. The van der Waals surface area contributed by atoms with Gasteiger partial charge in [-0.1, -0.05) is 30.3 Å². The number of alkyl halides is 12. The SMILES string of the molecule is NCc1cccc(C(F)(F)F)c1.O=C(Cl)c1cnn(-c2ccc(F)cc2)c1C(F)(F)F.O=C(NCc1cccc(C(F)(F)F)c1)c1cnn(-c2ccc(F)cc2)c1C(F)(F)F. The fraction of sp³-hybridized carbons (Fsp3) is 0.158. The molecule has 0 saturated heterocycles. The van der Waals surface area contributed by atoms with Crippen LogP contribution in [0.25, 0.3) is 11.4 Å². The summed E-state index contributed by atoms with van der Waals surface area (Å²) >= 11 is 5.09. The summed E-state index contributed by atoms with van der Waals surface area (Å²) in [6.07, 6.45) is -17.3. The number of nitrogens with one attached hydrogen (secondary N) is 1. The van der Waals surface area contributed by atoms with Gasteiger partial charge in [-0.2, -0.15) is 62.9 Å². The van der Waals surface area contributed by atoms with Crippen molar-refractivity contribution in [2.75, 3.05) is 0 Å². The van der Waals surface area contributed by atoms with Crippen molar-refractivity contribution in [1.82, 2.24) is 24.9 Å². The number of amides is 1. The molecule has 0 unspecified atom stereocenters. The van der Waals surface area contributed by atoms with Crippen molar-refractivity contribution in [2.45, 2.75) is 37.8 Å². The number of hydrogen-bond donors (Lipinski definition) is 2. The lowest BCUT2D eigenvalue weighted by Crippen LogP contribution is -2.26. The van der Waals surface area contributed by atoms with Crippen LogP contribution in [0.15, 0.2) is 109 Å². The van der Waals surface area contributed by atoms with Crippen molar-refractivity contribution in [3.8, 4) is 11.4 Å². The first-order chi connectivity index (χ1) is 28.3. The average molecular weight is 899 g/mol. The lowest BCUT2D eigenvalue weighted by molar-refractivity contribution is -0.143. The second kappa shape index (κ2) is 19.0. The molecule has 0 bridgehead atoms. The van der Waals surface area contributed by atoms with Crippen molar-refractivity contribution in [3.05, 3.63) is 166 Å². The summed E-state index contributed by atoms with van der Waals surface area (Å²) in [4.78, 5) is 23.3. The Morgan fingerprint density at radius 3 is 1.36 bits per heavy atom. The molecule has 0 saturated carbocycles. The van der Waals surface area contributed by atoms with Crippen molar-refractivity contribution < 1.29 is 71.1 Å². The van der Waals surface area contributed by atoms with E-state index in [1.54, 1.807) is 6.07 Å². The maximum absolute atomic E-state index is 13.6. The maximum Gasteiger partial charge on any atom is 0.434 e. The summed E-state index contributed by atoms with van der Waals surface area (Å²) in [5.74, 6) is -2.44. The third kappa shape index (κ3) is 12.6. The van der Waals surface area contributed by atoms with Gasteiger partial charge in [-0.3, -0.25) is 9.59 Å². The molecule has 0 radical (unpaired) electrons. The van der Waals surface area contributed by atoms with Crippen molar-refractivity contribution in [3.63, 3.8) is 0 Å². The third-order valence-corrected chi connectivity index (χ3v) is 8.08. The van der Waals surface area contributed by atoms with E-state index in [0.29, 0.717) is 21.1 Å². The summed E-state index contributed by atoms with van der Waals surface area (Å²) in [5, 5.41) is 7.94. The molecule has 0 atom stereocenters. The van der Waals surface area contributed by atoms with Crippen molar-refractivity contribution in [2.24, 2.45) is 5.73 Å². The first-order valence-corrected chi connectivity index (χ1v) is 17.0. The molecule has 0 spiro atoms. The number of benzene rings is 4. The second-order valence-corrected chi connectivity index (χ2v) is 12.5. The predicted octanol–water partition coefficient (Wildman–Crippen LogP) is 10.6. The number of nitrogens with two attached hydrogens (primary N) is 1. The Hall–Kier alpha value is -6.29. The standard InChI is InChI=1S/C19H12F7N3O.C11H5ClF4N2O.C8H8F3N/c20-13-4-6-14(7-5-13)29-16(19(24,25)26)15(10-28-29)17(30)27-9-11-2-1-3-12(8-11)18(21,22)23;12-10(19)8-5-17-18(9(8)11(14,15)16)7-3-1-6(13)2-4-7;9-8(10,11)7-3-1-2-6(4-7)5-12/h1-8,10H,9H2,(H,27,30);1-5H;1-4H,5,12H2. The van der Waals surface area contributed by atoms with Gasteiger partial charge in [-0.05, 0) is 89.5 Å². The normalized spacial score (nSPS) is 11.9. The van der Waals surface area contributed by atoms with Crippen LogP contribution in [-0.2, 0) is 37.8 Å². The van der Waals surface area contributed by atoms with E-state index in [4.69, 9.17) is 17.3 Å². The van der Waals surface area contributed by atoms with Gasteiger partial charge in [0.2, 0.25) is 0 Å². The van der Waals surface area contributed by atoms with Crippen LogP contribution >= 0.6 is 11.6 Å². The van der Waals surface area contributed by atoms with E-state index in [1.807, 2.05) is 0 Å². The number of nitrogens with zero attached hydrogens (tertiary/aromatic N) is 4. The number of halogens is 15. The smallest absolute Gasteiger partial charge is 0.348 e. The zero-order valence-corrected chi connectivity index (χ0v) is 30.9. The zero-order chi connectivity index (χ0) is 45.5. The molecule has 8 nitrogen and oxygen atoms in total. The third-order valence-electron chi connectivity index (χ3n) is 7.87. The molecular weight excluding hydrogens is 874 g/mol. The Balaban J connectivity index is 0.000000224. The van der Waals surface area contributed by atoms with E-state index in [1.165, 1.54) is 12.1 Å². The molecule has 6 rings (SSSR count). The van der Waals surface area contributed by atoms with Gasteiger partial charge in [-0.25, -0.2) is 18.1 Å². The van der Waals surface area contributed by atoms with Gasteiger partial charge in [0.25, 0.3) is 11.1 Å². The van der Waals surface area contributed by atoms with Gasteiger partial charge in [0.1, 0.15) is 11.6 Å². The quantitative estimate of drug-likeness (QED) is 0.123. The lowest BCUT2D eigenvalue weighted by Gasteiger charge is -2.13. The fourth-order valence-electron chi connectivity index (χ4n) is 5.12. The van der Waals surface area contributed by atoms with E-state index in [9.17, 15) is 71.1 Å². The monoisotopic (exact) mass is 898 g/mol. The topological polar surface area (TPSA) is 108 Å². The minimum absolute atomic E-state index is 0.0297. The Morgan fingerprint density at radius 2 is 0.967 bits per heavy atom. The number of carbonyl (C=O) groups is 2. The van der Waals surface area contributed by atoms with Crippen LogP contribution in [0.1, 0.15) is 54.4 Å². The first-order valence-electron chi connectivity index (χ1n) is 16.6. The van der Waals surface area contributed by atoms with Crippen LogP contribution in [0.4, 0.5) is 61.5 Å². The molecule has 3 N–H and O–H groups in total. The minimum Gasteiger partial charge on any atom is -0.348 e. The highest BCUT2D eigenvalue weighted by atomic mass is 35.5. The number of hydrogen-bond acceptors (Lipinski definition) is 5. The van der Waals surface area contributed by atoms with Crippen LogP contribution in [0.5, 0.6) is 0 Å². The molecule has 61 heavy (non-hydrogen) atoms. The van der Waals surface area contributed by atoms with E-state index in [0.717, 1.165) is 85.1 Å². The number of rotatable bonds is 7. The van der Waals surface area contributed by atoms with E-state index in [-0.39, 0.29) is 23.5 Å². The molecule has 2 heterocycles.